The number of nitrogens with one attached hydrogen (secondary N) is 2. The van der Waals surface area contributed by atoms with E-state index in [9.17, 15) is 0 Å². The summed E-state index contributed by atoms with van der Waals surface area (Å²) >= 11 is 0. The van der Waals surface area contributed by atoms with Gasteiger partial charge in [0.1, 0.15) is 0 Å². The van der Waals surface area contributed by atoms with Gasteiger partial charge in [-0.15, -0.1) is 0 Å². The molecule has 2 N–H and O–H groups in total. The topological polar surface area (TPSA) is 24.1 Å². The summed E-state index contributed by atoms with van der Waals surface area (Å²) in [6, 6.07) is 10.2. The van der Waals surface area contributed by atoms with E-state index < -0.39 is 0 Å². The summed E-state index contributed by atoms with van der Waals surface area (Å²) in [5, 5.41) is 7.12. The zero-order valence-corrected chi connectivity index (χ0v) is 11.7. The summed E-state index contributed by atoms with van der Waals surface area (Å²) < 4.78 is 0. The van der Waals surface area contributed by atoms with Crippen LogP contribution in [0.25, 0.3) is 0 Å². The summed E-state index contributed by atoms with van der Waals surface area (Å²) in [4.78, 5) is 0. The van der Waals surface area contributed by atoms with Crippen LogP contribution < -0.4 is 10.6 Å². The maximum absolute atomic E-state index is 3.65. The van der Waals surface area contributed by atoms with Gasteiger partial charge in [-0.05, 0) is 44.0 Å². The standard InChI is InChI=1S/C16H26N2/c1-3-6-13-8-10-14(11-9-13)16(17-2)15-7-4-5-12-18-15/h8-11,15-18H,3-7,12H2,1-2H3. The Kier molecular flexibility index (Phi) is 5.21. The van der Waals surface area contributed by atoms with Gasteiger partial charge >= 0.3 is 0 Å². The molecule has 1 saturated heterocycles. The Balaban J connectivity index is 2.06. The highest BCUT2D eigenvalue weighted by molar-refractivity contribution is 5.26. The minimum atomic E-state index is 0.445. The molecule has 0 amide bonds. The number of piperidine rings is 1. The van der Waals surface area contributed by atoms with Crippen LogP contribution in [0.15, 0.2) is 24.3 Å². The zero-order valence-electron chi connectivity index (χ0n) is 11.7. The van der Waals surface area contributed by atoms with E-state index in [0.717, 1.165) is 6.54 Å². The first-order valence-electron chi connectivity index (χ1n) is 7.34. The smallest absolute Gasteiger partial charge is 0.0473 e. The molecule has 1 heterocycles. The van der Waals surface area contributed by atoms with Crippen LogP contribution >= 0.6 is 0 Å². The van der Waals surface area contributed by atoms with Crippen LogP contribution in [0.1, 0.15) is 49.8 Å². The number of aryl methyl sites for hydroxylation is 1. The van der Waals surface area contributed by atoms with E-state index in [1.54, 1.807) is 0 Å². The Hall–Kier alpha value is -0.860. The summed E-state index contributed by atoms with van der Waals surface area (Å²) in [7, 11) is 2.07. The highest BCUT2D eigenvalue weighted by Crippen LogP contribution is 2.23. The molecule has 1 fully saturated rings. The van der Waals surface area contributed by atoms with Gasteiger partial charge in [0, 0.05) is 12.1 Å². The molecular weight excluding hydrogens is 220 g/mol. The Labute approximate surface area is 111 Å². The third kappa shape index (κ3) is 3.33. The molecule has 1 aromatic rings. The Bertz CT molecular complexity index is 339. The first-order chi connectivity index (χ1) is 8.85. The predicted molar refractivity (Wildman–Crippen MR) is 77.9 cm³/mol. The lowest BCUT2D eigenvalue weighted by Crippen LogP contribution is -2.43. The molecule has 0 saturated carbocycles. The van der Waals surface area contributed by atoms with Crippen LogP contribution in [0.3, 0.4) is 0 Å². The van der Waals surface area contributed by atoms with Crippen molar-refractivity contribution in [1.82, 2.24) is 10.6 Å². The number of hydrogen-bond acceptors (Lipinski definition) is 2. The highest BCUT2D eigenvalue weighted by Gasteiger charge is 2.22. The molecule has 0 aromatic heterocycles. The van der Waals surface area contributed by atoms with Gasteiger partial charge < -0.3 is 10.6 Å². The molecule has 2 nitrogen and oxygen atoms in total. The second-order valence-electron chi connectivity index (χ2n) is 5.31. The third-order valence-electron chi connectivity index (χ3n) is 3.94. The maximum Gasteiger partial charge on any atom is 0.0473 e. The summed E-state index contributed by atoms with van der Waals surface area (Å²) in [6.07, 6.45) is 6.36. The van der Waals surface area contributed by atoms with Gasteiger partial charge in [0.05, 0.1) is 0 Å². The van der Waals surface area contributed by atoms with Crippen LogP contribution in [-0.4, -0.2) is 19.6 Å². The molecule has 2 rings (SSSR count). The lowest BCUT2D eigenvalue weighted by molar-refractivity contribution is 0.326. The molecule has 2 heteroatoms. The average molecular weight is 246 g/mol. The number of benzene rings is 1. The Morgan fingerprint density at radius 3 is 2.61 bits per heavy atom. The van der Waals surface area contributed by atoms with Gasteiger partial charge in [-0.1, -0.05) is 44.0 Å². The van der Waals surface area contributed by atoms with Crippen molar-refractivity contribution in [2.45, 2.75) is 51.1 Å². The van der Waals surface area contributed by atoms with E-state index in [2.05, 4.69) is 48.9 Å². The van der Waals surface area contributed by atoms with E-state index in [1.807, 2.05) is 0 Å². The second-order valence-corrected chi connectivity index (χ2v) is 5.31. The van der Waals surface area contributed by atoms with E-state index in [4.69, 9.17) is 0 Å². The molecule has 0 spiro atoms. The largest absolute Gasteiger partial charge is 0.312 e. The maximum atomic E-state index is 3.65. The predicted octanol–water partition coefficient (Wildman–Crippen LogP) is 3.04. The Morgan fingerprint density at radius 1 is 1.28 bits per heavy atom. The second kappa shape index (κ2) is 6.91. The normalized spacial score (nSPS) is 21.8. The molecule has 18 heavy (non-hydrogen) atoms. The van der Waals surface area contributed by atoms with Crippen LogP contribution in [0.2, 0.25) is 0 Å². The monoisotopic (exact) mass is 246 g/mol. The van der Waals surface area contributed by atoms with Crippen LogP contribution in [0.4, 0.5) is 0 Å². The molecule has 1 aliphatic rings. The fraction of sp³-hybridized carbons (Fsp3) is 0.625. The molecule has 100 valence electrons. The van der Waals surface area contributed by atoms with Crippen molar-refractivity contribution >= 4 is 0 Å². The van der Waals surface area contributed by atoms with Gasteiger partial charge in [0.15, 0.2) is 0 Å². The fourth-order valence-corrected chi connectivity index (χ4v) is 2.94. The average Bonchev–Trinajstić information content (AvgIpc) is 2.43. The van der Waals surface area contributed by atoms with Crippen molar-refractivity contribution < 1.29 is 0 Å². The minimum absolute atomic E-state index is 0.445. The van der Waals surface area contributed by atoms with Gasteiger partial charge in [0.25, 0.3) is 0 Å². The van der Waals surface area contributed by atoms with Gasteiger partial charge in [-0.2, -0.15) is 0 Å². The molecule has 0 radical (unpaired) electrons. The quantitative estimate of drug-likeness (QED) is 0.834. The van der Waals surface area contributed by atoms with E-state index in [1.165, 1.54) is 43.2 Å². The molecule has 2 atom stereocenters. The van der Waals surface area contributed by atoms with Crippen molar-refractivity contribution in [1.29, 1.82) is 0 Å². The first-order valence-corrected chi connectivity index (χ1v) is 7.34. The fourth-order valence-electron chi connectivity index (χ4n) is 2.94. The highest BCUT2D eigenvalue weighted by atomic mass is 15.0. The molecule has 2 unspecified atom stereocenters. The molecule has 0 aliphatic carbocycles. The minimum Gasteiger partial charge on any atom is -0.312 e. The van der Waals surface area contributed by atoms with Crippen LogP contribution in [0, 0.1) is 0 Å². The first kappa shape index (κ1) is 13.6. The molecule has 1 aliphatic heterocycles. The van der Waals surface area contributed by atoms with Gasteiger partial charge in [0.2, 0.25) is 0 Å². The number of likely N-dealkylation sites (N-methyl/N-ethyl adjacent to an activating group) is 1. The van der Waals surface area contributed by atoms with Crippen molar-refractivity contribution in [2.75, 3.05) is 13.6 Å². The number of rotatable bonds is 5. The zero-order chi connectivity index (χ0) is 12.8. The lowest BCUT2D eigenvalue weighted by Gasteiger charge is -2.31. The van der Waals surface area contributed by atoms with E-state index >= 15 is 0 Å². The summed E-state index contributed by atoms with van der Waals surface area (Å²) in [5.74, 6) is 0. The number of hydrogen-bond donors (Lipinski definition) is 2. The van der Waals surface area contributed by atoms with Crippen molar-refractivity contribution in [2.24, 2.45) is 0 Å². The van der Waals surface area contributed by atoms with E-state index in [0.29, 0.717) is 12.1 Å². The van der Waals surface area contributed by atoms with Crippen molar-refractivity contribution in [3.63, 3.8) is 0 Å². The van der Waals surface area contributed by atoms with Crippen LogP contribution in [-0.2, 0) is 6.42 Å². The summed E-state index contributed by atoms with van der Waals surface area (Å²) in [6.45, 7) is 3.40. The van der Waals surface area contributed by atoms with Crippen LogP contribution in [0.5, 0.6) is 0 Å². The summed E-state index contributed by atoms with van der Waals surface area (Å²) in [5.41, 5.74) is 2.87. The molecule has 1 aromatic carbocycles. The van der Waals surface area contributed by atoms with E-state index in [-0.39, 0.29) is 0 Å². The van der Waals surface area contributed by atoms with Crippen molar-refractivity contribution in [3.8, 4) is 0 Å². The lowest BCUT2D eigenvalue weighted by atomic mass is 9.92. The van der Waals surface area contributed by atoms with Gasteiger partial charge in [-0.25, -0.2) is 0 Å². The Morgan fingerprint density at radius 2 is 2.06 bits per heavy atom. The third-order valence-corrected chi connectivity index (χ3v) is 3.94. The molecule has 0 bridgehead atoms. The molecular formula is C16H26N2. The van der Waals surface area contributed by atoms with Gasteiger partial charge in [-0.3, -0.25) is 0 Å². The SMILES string of the molecule is CCCc1ccc(C(NC)C2CCCCN2)cc1. The van der Waals surface area contributed by atoms with Crippen molar-refractivity contribution in [3.05, 3.63) is 35.4 Å².